The molecule has 2 aromatic rings. The van der Waals surface area contributed by atoms with Crippen molar-refractivity contribution in [2.24, 2.45) is 0 Å². The molecule has 1 heterocycles. The molecule has 1 aromatic heterocycles. The van der Waals surface area contributed by atoms with Gasteiger partial charge in [-0.2, -0.15) is 18.2 Å². The van der Waals surface area contributed by atoms with E-state index < -0.39 is 0 Å². The number of aliphatic hydroxyl groups is 1. The first-order valence-corrected chi connectivity index (χ1v) is 7.17. The van der Waals surface area contributed by atoms with Gasteiger partial charge in [0.05, 0.1) is 0 Å². The Bertz CT molecular complexity index is 549. The smallest absolute Gasteiger partial charge is 0.191 e. The van der Waals surface area contributed by atoms with Crippen LogP contribution in [0.25, 0.3) is 0 Å². The van der Waals surface area contributed by atoms with Crippen molar-refractivity contribution in [2.45, 2.75) is 12.8 Å². The van der Waals surface area contributed by atoms with Gasteiger partial charge in [-0.25, -0.2) is 12.1 Å². The zero-order valence-corrected chi connectivity index (χ0v) is 13.5. The molecule has 0 radical (unpaired) electrons. The fraction of sp³-hybridized carbons (Fsp3) is 0.167. The second kappa shape index (κ2) is 10.7. The number of H-pyrrole nitrogens is 1. The van der Waals surface area contributed by atoms with E-state index in [1.165, 1.54) is 5.69 Å². The molecule has 0 aliphatic heterocycles. The van der Waals surface area contributed by atoms with Crippen LogP contribution in [0.1, 0.15) is 12.1 Å². The third kappa shape index (κ3) is 6.61. The number of aromatic amines is 1. The molecule has 1 aliphatic rings. The molecule has 3 rings (SSSR count). The molecule has 1 aromatic carbocycles. The average Bonchev–Trinajstić information content (AvgIpc) is 3.29. The number of aliphatic hydroxyl groups excluding tert-OH is 1. The Morgan fingerprint density at radius 3 is 2.41 bits per heavy atom. The largest absolute Gasteiger partial charge is 0.494 e. The van der Waals surface area contributed by atoms with Gasteiger partial charge in [-0.1, -0.05) is 12.2 Å². The van der Waals surface area contributed by atoms with Gasteiger partial charge in [-0.3, -0.25) is 0 Å². The summed E-state index contributed by atoms with van der Waals surface area (Å²) in [7, 11) is 0. The number of hydrogen-bond donors (Lipinski definition) is 3. The first-order valence-electron chi connectivity index (χ1n) is 7.17. The normalized spacial score (nSPS) is 11.5. The molecule has 0 fully saturated rings. The van der Waals surface area contributed by atoms with Crippen molar-refractivity contribution < 1.29 is 22.2 Å². The van der Waals surface area contributed by atoms with Gasteiger partial charge in [0.25, 0.3) is 0 Å². The molecule has 0 bridgehead atoms. The molecule has 1 aliphatic carbocycles. The molecule has 0 amide bonds. The summed E-state index contributed by atoms with van der Waals surface area (Å²) in [6.45, 7) is 0.774. The maximum absolute atomic E-state index is 9.66. The van der Waals surface area contributed by atoms with E-state index in [4.69, 9.17) is 0 Å². The zero-order valence-electron chi connectivity index (χ0n) is 12.4. The molecule has 4 heteroatoms. The summed E-state index contributed by atoms with van der Waals surface area (Å²) in [6, 6.07) is 14.1. The molecule has 3 N–H and O–H groups in total. The third-order valence-electron chi connectivity index (χ3n) is 3.07. The quantitative estimate of drug-likeness (QED) is 0.336. The van der Waals surface area contributed by atoms with Crippen molar-refractivity contribution in [3.05, 3.63) is 90.1 Å². The van der Waals surface area contributed by atoms with Crippen molar-refractivity contribution in [1.82, 2.24) is 10.3 Å². The van der Waals surface area contributed by atoms with E-state index in [1.807, 2.05) is 66.9 Å². The van der Waals surface area contributed by atoms with Crippen molar-refractivity contribution >= 4 is 0 Å². The molecular formula is C18H21FeN2O-. The first-order chi connectivity index (χ1) is 10.4. The van der Waals surface area contributed by atoms with Crippen LogP contribution in [-0.4, -0.2) is 16.6 Å². The average molecular weight is 337 g/mol. The summed E-state index contributed by atoms with van der Waals surface area (Å²) < 4.78 is 0. The summed E-state index contributed by atoms with van der Waals surface area (Å²) in [6.07, 6.45) is 11.5. The van der Waals surface area contributed by atoms with Gasteiger partial charge in [0.15, 0.2) is 5.88 Å². The molecule has 0 saturated carbocycles. The summed E-state index contributed by atoms with van der Waals surface area (Å²) in [5.41, 5.74) is 2.08. The van der Waals surface area contributed by atoms with Crippen LogP contribution in [0.2, 0.25) is 0 Å². The third-order valence-corrected chi connectivity index (χ3v) is 3.07. The Hall–Kier alpha value is -2.03. The van der Waals surface area contributed by atoms with Gasteiger partial charge in [-0.15, -0.1) is 0 Å². The molecule has 0 atom stereocenters. The van der Waals surface area contributed by atoms with E-state index in [2.05, 4.69) is 16.4 Å². The number of nitrogens with one attached hydrogen (secondary N) is 2. The van der Waals surface area contributed by atoms with Gasteiger partial charge >= 0.3 is 0 Å². The predicted octanol–water partition coefficient (Wildman–Crippen LogP) is 3.84. The Labute approximate surface area is 142 Å². The standard InChI is InChI=1S/C13H16N2O.C5H5.Fe/c16-13(11-5-1-2-6-11)15-10-4-8-12-7-3-9-14-12;1-2-4-5-3-1;/h1-3,5-7,9,14-16H,4,8,10H2;1-5H;/q;-1;. The van der Waals surface area contributed by atoms with E-state index in [-0.39, 0.29) is 23.0 Å². The predicted molar refractivity (Wildman–Crippen MR) is 87.1 cm³/mol. The summed E-state index contributed by atoms with van der Waals surface area (Å²) in [4.78, 5) is 3.16. The molecular weight excluding hydrogens is 316 g/mol. The second-order valence-corrected chi connectivity index (χ2v) is 4.71. The van der Waals surface area contributed by atoms with E-state index >= 15 is 0 Å². The summed E-state index contributed by atoms with van der Waals surface area (Å²) >= 11 is 0. The van der Waals surface area contributed by atoms with Gasteiger partial charge in [-0.05, 0) is 37.1 Å². The molecule has 3 nitrogen and oxygen atoms in total. The van der Waals surface area contributed by atoms with E-state index in [0.29, 0.717) is 0 Å². The topological polar surface area (TPSA) is 48.0 Å². The van der Waals surface area contributed by atoms with Crippen LogP contribution in [0.5, 0.6) is 0 Å². The van der Waals surface area contributed by atoms with Crippen LogP contribution in [0.4, 0.5) is 0 Å². The SMILES string of the molecule is OC(NCCCc1ccc[nH]1)=C1C=CC=C1.[Fe].c1cc[cH-]c1. The molecule has 0 unspecified atom stereocenters. The minimum absolute atomic E-state index is 0. The van der Waals surface area contributed by atoms with Gasteiger partial charge in [0, 0.05) is 41.1 Å². The molecule has 0 saturated heterocycles. The van der Waals surface area contributed by atoms with Crippen LogP contribution in [-0.2, 0) is 23.5 Å². The molecule has 0 spiro atoms. The Kier molecular flexibility index (Phi) is 8.73. The van der Waals surface area contributed by atoms with Gasteiger partial charge in [0.2, 0.25) is 0 Å². The van der Waals surface area contributed by atoms with Crippen molar-refractivity contribution in [3.8, 4) is 0 Å². The second-order valence-electron chi connectivity index (χ2n) is 4.71. The van der Waals surface area contributed by atoms with Gasteiger partial charge < -0.3 is 15.4 Å². The number of hydrogen-bond acceptors (Lipinski definition) is 2. The van der Waals surface area contributed by atoms with Crippen LogP contribution < -0.4 is 5.32 Å². The zero-order chi connectivity index (χ0) is 14.8. The maximum Gasteiger partial charge on any atom is 0.191 e. The molecule has 118 valence electrons. The summed E-state index contributed by atoms with van der Waals surface area (Å²) in [5, 5.41) is 12.7. The number of allylic oxidation sites excluding steroid dienone is 5. The van der Waals surface area contributed by atoms with E-state index in [9.17, 15) is 5.11 Å². The van der Waals surface area contributed by atoms with Gasteiger partial charge in [0.1, 0.15) is 0 Å². The Morgan fingerprint density at radius 1 is 1.14 bits per heavy atom. The van der Waals surface area contributed by atoms with E-state index in [1.54, 1.807) is 0 Å². The monoisotopic (exact) mass is 337 g/mol. The number of rotatable bonds is 5. The molecule has 22 heavy (non-hydrogen) atoms. The van der Waals surface area contributed by atoms with E-state index in [0.717, 1.165) is 25.0 Å². The first kappa shape index (κ1) is 18.0. The minimum Gasteiger partial charge on any atom is -0.494 e. The van der Waals surface area contributed by atoms with Crippen LogP contribution in [0, 0.1) is 0 Å². The fourth-order valence-electron chi connectivity index (χ4n) is 1.96. The summed E-state index contributed by atoms with van der Waals surface area (Å²) in [5.74, 6) is 0.261. The van der Waals surface area contributed by atoms with Crippen LogP contribution >= 0.6 is 0 Å². The van der Waals surface area contributed by atoms with Crippen LogP contribution in [0.15, 0.2) is 84.4 Å². The van der Waals surface area contributed by atoms with Crippen molar-refractivity contribution in [2.75, 3.05) is 6.54 Å². The minimum atomic E-state index is 0. The van der Waals surface area contributed by atoms with Crippen molar-refractivity contribution in [3.63, 3.8) is 0 Å². The number of aryl methyl sites for hydroxylation is 1. The number of aromatic nitrogens is 1. The fourth-order valence-corrected chi connectivity index (χ4v) is 1.96. The van der Waals surface area contributed by atoms with Crippen molar-refractivity contribution in [1.29, 1.82) is 0 Å². The Morgan fingerprint density at radius 2 is 1.86 bits per heavy atom. The Balaban J connectivity index is 0.000000344. The van der Waals surface area contributed by atoms with Crippen LogP contribution in [0.3, 0.4) is 0 Å². The maximum atomic E-state index is 9.66.